The highest BCUT2D eigenvalue weighted by atomic mass is 35.5. The lowest BCUT2D eigenvalue weighted by atomic mass is 10.0. The van der Waals surface area contributed by atoms with Crippen molar-refractivity contribution in [3.63, 3.8) is 0 Å². The molecule has 0 aliphatic carbocycles. The molecule has 1 aromatic rings. The lowest BCUT2D eigenvalue weighted by Crippen LogP contribution is -2.05. The molecular weight excluding hydrogens is 249 g/mol. The molecule has 96 valence electrons. The highest BCUT2D eigenvalue weighted by Gasteiger charge is 2.13. The third kappa shape index (κ3) is 3.54. The van der Waals surface area contributed by atoms with Gasteiger partial charge >= 0.3 is 0 Å². The van der Waals surface area contributed by atoms with Crippen LogP contribution in [0.1, 0.15) is 32.3 Å². The van der Waals surface area contributed by atoms with E-state index in [1.165, 1.54) is 6.07 Å². The predicted octanol–water partition coefficient (Wildman–Crippen LogP) is 5.16. The van der Waals surface area contributed by atoms with Crippen molar-refractivity contribution >= 4 is 17.3 Å². The van der Waals surface area contributed by atoms with Gasteiger partial charge in [0.05, 0.1) is 22.0 Å². The third-order valence-electron chi connectivity index (χ3n) is 2.50. The first-order chi connectivity index (χ1) is 8.47. The summed E-state index contributed by atoms with van der Waals surface area (Å²) >= 11 is 6.05. The van der Waals surface area contributed by atoms with E-state index in [1.807, 2.05) is 13.8 Å². The summed E-state index contributed by atoms with van der Waals surface area (Å²) in [5, 5.41) is 0.372. The molecule has 0 bridgehead atoms. The van der Waals surface area contributed by atoms with Crippen molar-refractivity contribution in [2.75, 3.05) is 0 Å². The zero-order chi connectivity index (χ0) is 13.7. The van der Waals surface area contributed by atoms with Crippen molar-refractivity contribution in [3.05, 3.63) is 59.0 Å². The van der Waals surface area contributed by atoms with Gasteiger partial charge in [-0.25, -0.2) is 4.39 Å². The molecule has 0 atom stereocenters. The van der Waals surface area contributed by atoms with E-state index in [1.54, 1.807) is 12.1 Å². The fourth-order valence-electron chi connectivity index (χ4n) is 1.51. The summed E-state index contributed by atoms with van der Waals surface area (Å²) in [6.45, 7) is 11.4. The van der Waals surface area contributed by atoms with Gasteiger partial charge in [0.25, 0.3) is 0 Å². The molecule has 0 saturated heterocycles. The molecule has 0 aliphatic rings. The van der Waals surface area contributed by atoms with Crippen LogP contribution in [0.15, 0.2) is 47.6 Å². The summed E-state index contributed by atoms with van der Waals surface area (Å²) in [6, 6.07) is 4.63. The first-order valence-electron chi connectivity index (χ1n) is 5.84. The Morgan fingerprint density at radius 3 is 2.56 bits per heavy atom. The SMILES string of the molecule is C=C(C)C(=C)N=C(CCC)c1c(F)cccc1Cl. The number of benzene rings is 1. The van der Waals surface area contributed by atoms with E-state index in [9.17, 15) is 4.39 Å². The molecule has 0 spiro atoms. The van der Waals surface area contributed by atoms with Crippen LogP contribution in [0, 0.1) is 5.82 Å². The number of allylic oxidation sites excluding steroid dienone is 1. The molecule has 0 aromatic heterocycles. The Balaban J connectivity index is 3.28. The lowest BCUT2D eigenvalue weighted by Gasteiger charge is -2.10. The third-order valence-corrected chi connectivity index (χ3v) is 2.82. The van der Waals surface area contributed by atoms with Gasteiger partial charge in [0.15, 0.2) is 0 Å². The maximum absolute atomic E-state index is 13.9. The lowest BCUT2D eigenvalue weighted by molar-refractivity contribution is 0.624. The van der Waals surface area contributed by atoms with Crippen LogP contribution in [0.2, 0.25) is 5.02 Å². The first kappa shape index (κ1) is 14.7. The van der Waals surface area contributed by atoms with Crippen LogP contribution >= 0.6 is 11.6 Å². The van der Waals surface area contributed by atoms with E-state index in [2.05, 4.69) is 18.2 Å². The second kappa shape index (κ2) is 6.50. The van der Waals surface area contributed by atoms with Crippen molar-refractivity contribution in [1.29, 1.82) is 0 Å². The topological polar surface area (TPSA) is 12.4 Å². The fourth-order valence-corrected chi connectivity index (χ4v) is 1.78. The Morgan fingerprint density at radius 1 is 1.39 bits per heavy atom. The molecule has 3 heteroatoms. The second-order valence-corrected chi connectivity index (χ2v) is 4.54. The normalized spacial score (nSPS) is 11.4. The van der Waals surface area contributed by atoms with Crippen LogP contribution in [-0.4, -0.2) is 5.71 Å². The fraction of sp³-hybridized carbons (Fsp3) is 0.267. The molecule has 0 radical (unpaired) electrons. The monoisotopic (exact) mass is 265 g/mol. The highest BCUT2D eigenvalue weighted by molar-refractivity contribution is 6.34. The number of hydrogen-bond acceptors (Lipinski definition) is 1. The van der Waals surface area contributed by atoms with Gasteiger partial charge in [0, 0.05) is 0 Å². The van der Waals surface area contributed by atoms with Gasteiger partial charge in [-0.3, -0.25) is 4.99 Å². The van der Waals surface area contributed by atoms with Gasteiger partial charge in [-0.05, 0) is 31.1 Å². The van der Waals surface area contributed by atoms with Crippen LogP contribution < -0.4 is 0 Å². The van der Waals surface area contributed by atoms with Gasteiger partial charge in [-0.1, -0.05) is 44.2 Å². The minimum absolute atomic E-state index is 0.357. The minimum Gasteiger partial charge on any atom is -0.253 e. The summed E-state index contributed by atoms with van der Waals surface area (Å²) in [5.41, 5.74) is 2.30. The average Bonchev–Trinajstić information content (AvgIpc) is 2.28. The molecule has 0 aliphatic heterocycles. The number of nitrogens with zero attached hydrogens (tertiary/aromatic N) is 1. The molecular formula is C15H17ClFN. The molecule has 18 heavy (non-hydrogen) atoms. The Kier molecular flexibility index (Phi) is 5.29. The van der Waals surface area contributed by atoms with Gasteiger partial charge in [0.1, 0.15) is 5.82 Å². The van der Waals surface area contributed by atoms with E-state index in [0.717, 1.165) is 12.0 Å². The summed E-state index contributed by atoms with van der Waals surface area (Å²) < 4.78 is 13.9. The molecule has 0 fully saturated rings. The van der Waals surface area contributed by atoms with E-state index in [0.29, 0.717) is 28.4 Å². The molecule has 0 unspecified atom stereocenters. The minimum atomic E-state index is -0.357. The Bertz CT molecular complexity index is 483. The number of aliphatic imine (C=N–C) groups is 1. The summed E-state index contributed by atoms with van der Waals surface area (Å²) in [4.78, 5) is 4.36. The number of rotatable bonds is 5. The summed E-state index contributed by atoms with van der Waals surface area (Å²) in [5.74, 6) is -0.357. The van der Waals surface area contributed by atoms with Crippen molar-refractivity contribution < 1.29 is 4.39 Å². The molecule has 0 amide bonds. The van der Waals surface area contributed by atoms with Crippen molar-refractivity contribution in [2.45, 2.75) is 26.7 Å². The smallest absolute Gasteiger partial charge is 0.133 e. The van der Waals surface area contributed by atoms with E-state index in [4.69, 9.17) is 11.6 Å². The maximum Gasteiger partial charge on any atom is 0.133 e. The molecule has 1 aromatic carbocycles. The average molecular weight is 266 g/mol. The number of hydrogen-bond donors (Lipinski definition) is 0. The van der Waals surface area contributed by atoms with E-state index >= 15 is 0 Å². The Labute approximate surface area is 113 Å². The van der Waals surface area contributed by atoms with Crippen molar-refractivity contribution in [2.24, 2.45) is 4.99 Å². The van der Waals surface area contributed by atoms with Gasteiger partial charge in [0.2, 0.25) is 0 Å². The summed E-state index contributed by atoms with van der Waals surface area (Å²) in [6.07, 6.45) is 1.50. The van der Waals surface area contributed by atoms with Crippen LogP contribution in [0.5, 0.6) is 0 Å². The Hall–Kier alpha value is -1.41. The molecule has 0 saturated carbocycles. The largest absolute Gasteiger partial charge is 0.253 e. The van der Waals surface area contributed by atoms with E-state index < -0.39 is 0 Å². The first-order valence-corrected chi connectivity index (χ1v) is 6.21. The zero-order valence-electron chi connectivity index (χ0n) is 10.8. The van der Waals surface area contributed by atoms with Crippen LogP contribution in [-0.2, 0) is 0 Å². The van der Waals surface area contributed by atoms with Crippen molar-refractivity contribution in [3.8, 4) is 0 Å². The number of halogens is 2. The molecule has 1 nitrogen and oxygen atoms in total. The highest BCUT2D eigenvalue weighted by Crippen LogP contribution is 2.23. The second-order valence-electron chi connectivity index (χ2n) is 4.13. The van der Waals surface area contributed by atoms with Crippen molar-refractivity contribution in [1.82, 2.24) is 0 Å². The standard InChI is InChI=1S/C15H17ClFN/c1-5-7-14(18-11(4)10(2)3)15-12(16)8-6-9-13(15)17/h6,8-9H,2,4-5,7H2,1,3H3. The van der Waals surface area contributed by atoms with Crippen LogP contribution in [0.4, 0.5) is 4.39 Å². The quantitative estimate of drug-likeness (QED) is 0.515. The van der Waals surface area contributed by atoms with Crippen LogP contribution in [0.25, 0.3) is 0 Å². The van der Waals surface area contributed by atoms with Gasteiger partial charge in [-0.15, -0.1) is 0 Å². The van der Waals surface area contributed by atoms with Gasteiger partial charge in [-0.2, -0.15) is 0 Å². The zero-order valence-corrected chi connectivity index (χ0v) is 11.5. The Morgan fingerprint density at radius 2 is 2.06 bits per heavy atom. The molecule has 1 rings (SSSR count). The molecule has 0 N–H and O–H groups in total. The predicted molar refractivity (Wildman–Crippen MR) is 76.8 cm³/mol. The van der Waals surface area contributed by atoms with Crippen LogP contribution in [0.3, 0.4) is 0 Å². The molecule has 0 heterocycles. The summed E-state index contributed by atoms with van der Waals surface area (Å²) in [7, 11) is 0. The van der Waals surface area contributed by atoms with Gasteiger partial charge < -0.3 is 0 Å². The van der Waals surface area contributed by atoms with E-state index in [-0.39, 0.29) is 5.82 Å². The maximum atomic E-state index is 13.9.